The van der Waals surface area contributed by atoms with Crippen molar-refractivity contribution in [1.82, 2.24) is 25.5 Å². The number of H-pyrrole nitrogens is 1. The van der Waals surface area contributed by atoms with Gasteiger partial charge in [-0.2, -0.15) is 9.49 Å². The summed E-state index contributed by atoms with van der Waals surface area (Å²) in [6.45, 7) is 1.79. The van der Waals surface area contributed by atoms with Gasteiger partial charge in [-0.1, -0.05) is 12.1 Å². The lowest BCUT2D eigenvalue weighted by molar-refractivity contribution is 0.249. The van der Waals surface area contributed by atoms with Crippen molar-refractivity contribution in [2.45, 2.75) is 13.0 Å². The molecule has 0 aliphatic carbocycles. The third kappa shape index (κ3) is 4.03. The zero-order chi connectivity index (χ0) is 20.4. The fourth-order valence-electron chi connectivity index (χ4n) is 2.93. The van der Waals surface area contributed by atoms with Crippen molar-refractivity contribution in [2.75, 3.05) is 5.32 Å². The standard InChI is InChI=1S/C20H16F2N6O/c1-11(12-2-4-14(21)5-3-12)25-20(29)26-18-9-16-15(10-24-18)19(28-27-16)13-6-7-23-17(22)8-13/h2-11H,1H3,(H,27,28)(H2,24,25,26,29)/t11-/m1/s1. The number of aromatic amines is 1. The molecule has 7 nitrogen and oxygen atoms in total. The molecule has 3 N–H and O–H groups in total. The van der Waals surface area contributed by atoms with Crippen LogP contribution in [0.15, 0.2) is 54.9 Å². The van der Waals surface area contributed by atoms with Gasteiger partial charge in [0.2, 0.25) is 5.95 Å². The molecule has 0 radical (unpaired) electrons. The van der Waals surface area contributed by atoms with Crippen LogP contribution in [-0.2, 0) is 0 Å². The van der Waals surface area contributed by atoms with Crippen molar-refractivity contribution in [1.29, 1.82) is 0 Å². The van der Waals surface area contributed by atoms with E-state index in [0.29, 0.717) is 28.0 Å². The maximum Gasteiger partial charge on any atom is 0.320 e. The van der Waals surface area contributed by atoms with Crippen molar-refractivity contribution in [3.8, 4) is 11.3 Å². The van der Waals surface area contributed by atoms with Crippen molar-refractivity contribution < 1.29 is 13.6 Å². The summed E-state index contributed by atoms with van der Waals surface area (Å²) in [5.74, 6) is -0.620. The first kappa shape index (κ1) is 18.5. The largest absolute Gasteiger partial charge is 0.331 e. The number of hydrogen-bond donors (Lipinski definition) is 3. The maximum atomic E-state index is 13.4. The minimum Gasteiger partial charge on any atom is -0.331 e. The number of carbonyl (C=O) groups excluding carboxylic acids is 1. The molecule has 0 saturated heterocycles. The van der Waals surface area contributed by atoms with Crippen molar-refractivity contribution in [2.24, 2.45) is 0 Å². The first-order valence-electron chi connectivity index (χ1n) is 8.78. The number of carbonyl (C=O) groups is 1. The number of hydrogen-bond acceptors (Lipinski definition) is 4. The van der Waals surface area contributed by atoms with Crippen molar-refractivity contribution >= 4 is 22.8 Å². The van der Waals surface area contributed by atoms with Crippen molar-refractivity contribution in [3.63, 3.8) is 0 Å². The number of halogens is 2. The van der Waals surface area contributed by atoms with Crippen LogP contribution in [0.5, 0.6) is 0 Å². The molecule has 2 amide bonds. The second kappa shape index (κ2) is 7.63. The van der Waals surface area contributed by atoms with Gasteiger partial charge >= 0.3 is 6.03 Å². The summed E-state index contributed by atoms with van der Waals surface area (Å²) in [5, 5.41) is 13.2. The molecule has 1 atom stereocenters. The fraction of sp³-hybridized carbons (Fsp3) is 0.100. The highest BCUT2D eigenvalue weighted by Crippen LogP contribution is 2.26. The third-order valence-electron chi connectivity index (χ3n) is 4.41. The lowest BCUT2D eigenvalue weighted by Gasteiger charge is -2.14. The van der Waals surface area contributed by atoms with Gasteiger partial charge < -0.3 is 5.32 Å². The summed E-state index contributed by atoms with van der Waals surface area (Å²) in [6, 6.07) is 9.69. The molecule has 3 heterocycles. The van der Waals surface area contributed by atoms with E-state index in [4.69, 9.17) is 0 Å². The Morgan fingerprint density at radius 2 is 1.90 bits per heavy atom. The molecule has 0 bridgehead atoms. The molecule has 0 unspecified atom stereocenters. The number of rotatable bonds is 4. The van der Waals surface area contributed by atoms with Gasteiger partial charge in [-0.15, -0.1) is 0 Å². The molecule has 29 heavy (non-hydrogen) atoms. The lowest BCUT2D eigenvalue weighted by atomic mass is 10.1. The van der Waals surface area contributed by atoms with Gasteiger partial charge in [0.1, 0.15) is 17.3 Å². The average Bonchev–Trinajstić information content (AvgIpc) is 3.11. The fourth-order valence-corrected chi connectivity index (χ4v) is 2.93. The van der Waals surface area contributed by atoms with Crippen molar-refractivity contribution in [3.05, 3.63) is 72.2 Å². The number of pyridine rings is 2. The normalized spacial score (nSPS) is 12.0. The summed E-state index contributed by atoms with van der Waals surface area (Å²) in [4.78, 5) is 20.0. The number of urea groups is 1. The molecule has 0 aliphatic heterocycles. The summed E-state index contributed by atoms with van der Waals surface area (Å²) in [6.07, 6.45) is 2.91. The Morgan fingerprint density at radius 1 is 1.10 bits per heavy atom. The molecule has 9 heteroatoms. The highest BCUT2D eigenvalue weighted by atomic mass is 19.1. The van der Waals surface area contributed by atoms with Gasteiger partial charge in [-0.3, -0.25) is 10.4 Å². The lowest BCUT2D eigenvalue weighted by Crippen LogP contribution is -2.31. The van der Waals surface area contributed by atoms with Crippen LogP contribution in [0.4, 0.5) is 19.4 Å². The average molecular weight is 394 g/mol. The second-order valence-electron chi connectivity index (χ2n) is 6.43. The molecule has 4 rings (SSSR count). The molecule has 0 saturated carbocycles. The molecule has 0 aliphatic rings. The number of nitrogens with one attached hydrogen (secondary N) is 3. The van der Waals surface area contributed by atoms with Crippen LogP contribution in [0.25, 0.3) is 22.2 Å². The van der Waals surface area contributed by atoms with E-state index in [1.165, 1.54) is 24.4 Å². The summed E-state index contributed by atoms with van der Waals surface area (Å²) >= 11 is 0. The minimum atomic E-state index is -0.600. The first-order chi connectivity index (χ1) is 14.0. The van der Waals surface area contributed by atoms with Crippen LogP contribution >= 0.6 is 0 Å². The monoisotopic (exact) mass is 394 g/mol. The second-order valence-corrected chi connectivity index (χ2v) is 6.43. The predicted octanol–water partition coefficient (Wildman–Crippen LogP) is 4.18. The van der Waals surface area contributed by atoms with E-state index in [1.807, 2.05) is 0 Å². The van der Waals surface area contributed by atoms with E-state index < -0.39 is 12.0 Å². The first-order valence-corrected chi connectivity index (χ1v) is 8.78. The molecule has 1 aromatic carbocycles. The SMILES string of the molecule is C[C@@H](NC(=O)Nc1cc2[nH]nc(-c3ccnc(F)c3)c2cn1)c1ccc(F)cc1. The number of amides is 2. The Hall–Kier alpha value is -3.88. The van der Waals surface area contributed by atoms with Gasteiger partial charge in [0.05, 0.1) is 11.6 Å². The number of fused-ring (bicyclic) bond motifs is 1. The van der Waals surface area contributed by atoms with E-state index in [1.54, 1.807) is 37.4 Å². The van der Waals surface area contributed by atoms with Gasteiger partial charge in [-0.05, 0) is 30.7 Å². The summed E-state index contributed by atoms with van der Waals surface area (Å²) in [5.41, 5.74) is 2.51. The van der Waals surface area contributed by atoms with Crippen LogP contribution in [-0.4, -0.2) is 26.2 Å². The molecule has 3 aromatic heterocycles. The van der Waals surface area contributed by atoms with E-state index in [0.717, 1.165) is 5.56 Å². The summed E-state index contributed by atoms with van der Waals surface area (Å²) in [7, 11) is 0. The molecule has 4 aromatic rings. The Bertz CT molecular complexity index is 1180. The number of nitrogens with zero attached hydrogens (tertiary/aromatic N) is 3. The summed E-state index contributed by atoms with van der Waals surface area (Å²) < 4.78 is 26.4. The molecule has 146 valence electrons. The predicted molar refractivity (Wildman–Crippen MR) is 104 cm³/mol. The van der Waals surface area contributed by atoms with Crippen LogP contribution in [0.1, 0.15) is 18.5 Å². The number of benzene rings is 1. The Labute approximate surface area is 164 Å². The van der Waals surface area contributed by atoms with Crippen LogP contribution < -0.4 is 10.6 Å². The van der Waals surface area contributed by atoms with Crippen LogP contribution in [0.2, 0.25) is 0 Å². The van der Waals surface area contributed by atoms with Gasteiger partial charge in [0.25, 0.3) is 0 Å². The smallest absolute Gasteiger partial charge is 0.320 e. The van der Waals surface area contributed by atoms with Gasteiger partial charge in [0, 0.05) is 35.5 Å². The quantitative estimate of drug-likeness (QED) is 0.453. The molecular weight excluding hydrogens is 378 g/mol. The Morgan fingerprint density at radius 3 is 2.66 bits per heavy atom. The maximum absolute atomic E-state index is 13.4. The topological polar surface area (TPSA) is 95.6 Å². The zero-order valence-corrected chi connectivity index (χ0v) is 15.3. The highest BCUT2D eigenvalue weighted by molar-refractivity contribution is 5.95. The van der Waals surface area contributed by atoms with E-state index in [9.17, 15) is 13.6 Å². The van der Waals surface area contributed by atoms with Gasteiger partial charge in [0.15, 0.2) is 0 Å². The van der Waals surface area contributed by atoms with E-state index in [2.05, 4.69) is 30.8 Å². The Kier molecular flexibility index (Phi) is 4.86. The number of aromatic nitrogens is 4. The van der Waals surface area contributed by atoms with E-state index in [-0.39, 0.29) is 11.9 Å². The molecular formula is C20H16F2N6O. The van der Waals surface area contributed by atoms with Crippen LogP contribution in [0, 0.1) is 11.8 Å². The van der Waals surface area contributed by atoms with Gasteiger partial charge in [-0.25, -0.2) is 19.2 Å². The van der Waals surface area contributed by atoms with E-state index >= 15 is 0 Å². The molecule has 0 fully saturated rings. The number of anilines is 1. The molecule has 0 spiro atoms. The van der Waals surface area contributed by atoms with Crippen LogP contribution in [0.3, 0.4) is 0 Å². The minimum absolute atomic E-state index is 0.317. The Balaban J connectivity index is 1.48. The zero-order valence-electron chi connectivity index (χ0n) is 15.3. The highest BCUT2D eigenvalue weighted by Gasteiger charge is 2.13. The third-order valence-corrected chi connectivity index (χ3v) is 4.41.